The number of anilines is 1. The van der Waals surface area contributed by atoms with Gasteiger partial charge < -0.3 is 5.32 Å². The number of aromatic nitrogens is 3. The molecule has 1 aromatic carbocycles. The Labute approximate surface area is 165 Å². The summed E-state index contributed by atoms with van der Waals surface area (Å²) in [7, 11) is 0. The summed E-state index contributed by atoms with van der Waals surface area (Å²) in [6.45, 7) is 1.79. The molecular formula is C19H17ClN4O2S. The van der Waals surface area contributed by atoms with E-state index in [1.807, 2.05) is 18.2 Å². The Morgan fingerprint density at radius 3 is 2.78 bits per heavy atom. The molecule has 0 bridgehead atoms. The van der Waals surface area contributed by atoms with E-state index in [-0.39, 0.29) is 17.5 Å². The molecule has 1 aliphatic carbocycles. The summed E-state index contributed by atoms with van der Waals surface area (Å²) in [6, 6.07) is 10.8. The van der Waals surface area contributed by atoms with Crippen molar-refractivity contribution in [2.24, 2.45) is 0 Å². The van der Waals surface area contributed by atoms with Crippen LogP contribution in [0.2, 0.25) is 5.02 Å². The van der Waals surface area contributed by atoms with Crippen molar-refractivity contribution in [1.29, 1.82) is 0 Å². The van der Waals surface area contributed by atoms with Crippen molar-refractivity contribution in [2.75, 3.05) is 5.32 Å². The van der Waals surface area contributed by atoms with Gasteiger partial charge in [0.05, 0.1) is 21.2 Å². The van der Waals surface area contributed by atoms with Gasteiger partial charge in [-0.1, -0.05) is 35.5 Å². The molecule has 1 fully saturated rings. The smallest absolute Gasteiger partial charge is 0.262 e. The first kappa shape index (κ1) is 18.0. The monoisotopic (exact) mass is 400 g/mol. The van der Waals surface area contributed by atoms with Crippen LogP contribution in [0.1, 0.15) is 25.8 Å². The molecule has 0 aliphatic heterocycles. The summed E-state index contributed by atoms with van der Waals surface area (Å²) >= 11 is 7.10. The van der Waals surface area contributed by atoms with Gasteiger partial charge in [-0.25, -0.2) is 9.97 Å². The van der Waals surface area contributed by atoms with Crippen LogP contribution in [0.5, 0.6) is 0 Å². The second-order valence-electron chi connectivity index (χ2n) is 6.43. The molecule has 1 saturated carbocycles. The molecule has 138 valence electrons. The fraction of sp³-hybridized carbons (Fsp3) is 0.263. The lowest BCUT2D eigenvalue weighted by atomic mass is 10.2. The lowest BCUT2D eigenvalue weighted by Crippen LogP contribution is -2.26. The van der Waals surface area contributed by atoms with Crippen LogP contribution in [0.15, 0.2) is 52.5 Å². The largest absolute Gasteiger partial charge is 0.310 e. The molecule has 3 aromatic rings. The Morgan fingerprint density at radius 2 is 2.07 bits per heavy atom. The topological polar surface area (TPSA) is 76.9 Å². The Morgan fingerprint density at radius 1 is 1.30 bits per heavy atom. The third-order valence-corrected chi connectivity index (χ3v) is 5.61. The highest BCUT2D eigenvalue weighted by Gasteiger charge is 2.30. The van der Waals surface area contributed by atoms with Crippen LogP contribution in [-0.4, -0.2) is 25.7 Å². The van der Waals surface area contributed by atoms with Gasteiger partial charge in [0.25, 0.3) is 5.56 Å². The van der Waals surface area contributed by atoms with Crippen molar-refractivity contribution in [1.82, 2.24) is 14.5 Å². The van der Waals surface area contributed by atoms with Gasteiger partial charge in [0.15, 0.2) is 5.16 Å². The van der Waals surface area contributed by atoms with Gasteiger partial charge in [-0.15, -0.1) is 0 Å². The first-order valence-electron chi connectivity index (χ1n) is 8.63. The van der Waals surface area contributed by atoms with Crippen molar-refractivity contribution in [3.05, 3.63) is 58.0 Å². The Hall–Kier alpha value is -2.38. The fourth-order valence-corrected chi connectivity index (χ4v) is 3.84. The zero-order valence-electron chi connectivity index (χ0n) is 14.6. The number of carbonyl (C=O) groups excluding carboxylic acids is 1. The number of amides is 1. The van der Waals surface area contributed by atoms with Crippen LogP contribution in [0.3, 0.4) is 0 Å². The minimum atomic E-state index is -0.444. The quantitative estimate of drug-likeness (QED) is 0.519. The van der Waals surface area contributed by atoms with E-state index in [2.05, 4.69) is 15.3 Å². The van der Waals surface area contributed by atoms with E-state index < -0.39 is 5.25 Å². The predicted molar refractivity (Wildman–Crippen MR) is 107 cm³/mol. The number of para-hydroxylation sites is 1. The number of hydrogen-bond acceptors (Lipinski definition) is 5. The van der Waals surface area contributed by atoms with Crippen LogP contribution < -0.4 is 10.9 Å². The Balaban J connectivity index is 1.60. The van der Waals surface area contributed by atoms with Gasteiger partial charge in [-0.05, 0) is 44.0 Å². The maximum absolute atomic E-state index is 12.9. The highest BCUT2D eigenvalue weighted by atomic mass is 35.5. The van der Waals surface area contributed by atoms with Crippen molar-refractivity contribution in [3.8, 4) is 0 Å². The zero-order valence-corrected chi connectivity index (χ0v) is 16.1. The number of pyridine rings is 1. The molecule has 0 saturated heterocycles. The van der Waals surface area contributed by atoms with Crippen molar-refractivity contribution < 1.29 is 4.79 Å². The molecule has 1 unspecified atom stereocenters. The second-order valence-corrected chi connectivity index (χ2v) is 8.17. The van der Waals surface area contributed by atoms with Gasteiger partial charge in [0, 0.05) is 12.2 Å². The molecule has 0 radical (unpaired) electrons. The van der Waals surface area contributed by atoms with Crippen LogP contribution in [0, 0.1) is 0 Å². The lowest BCUT2D eigenvalue weighted by Gasteiger charge is -2.16. The first-order chi connectivity index (χ1) is 13.0. The maximum Gasteiger partial charge on any atom is 0.262 e. The number of nitrogens with one attached hydrogen (secondary N) is 1. The second kappa shape index (κ2) is 7.32. The molecule has 1 atom stereocenters. The molecule has 4 rings (SSSR count). The molecule has 1 amide bonds. The molecule has 8 heteroatoms. The van der Waals surface area contributed by atoms with E-state index in [0.717, 1.165) is 12.8 Å². The highest BCUT2D eigenvalue weighted by Crippen LogP contribution is 2.37. The molecule has 2 heterocycles. The molecular weight excluding hydrogens is 384 g/mol. The van der Waals surface area contributed by atoms with Crippen LogP contribution in [0.4, 0.5) is 5.82 Å². The number of carbonyl (C=O) groups is 1. The molecule has 1 aliphatic rings. The number of halogens is 1. The molecule has 6 nitrogen and oxygen atoms in total. The lowest BCUT2D eigenvalue weighted by molar-refractivity contribution is -0.115. The normalized spacial score (nSPS) is 14.9. The Kier molecular flexibility index (Phi) is 4.88. The summed E-state index contributed by atoms with van der Waals surface area (Å²) in [5.74, 6) is 0.225. The molecule has 0 spiro atoms. The average molecular weight is 401 g/mol. The van der Waals surface area contributed by atoms with E-state index >= 15 is 0 Å². The zero-order chi connectivity index (χ0) is 19.0. The van der Waals surface area contributed by atoms with Gasteiger partial charge in [-0.2, -0.15) is 0 Å². The fourth-order valence-electron chi connectivity index (χ4n) is 2.75. The van der Waals surface area contributed by atoms with Gasteiger partial charge in [-0.3, -0.25) is 14.2 Å². The SMILES string of the molecule is CC(Sc1nc2ccccc2c(=O)n1C1CC1)C(=O)Nc1ccc(Cl)cn1. The van der Waals surface area contributed by atoms with E-state index in [1.54, 1.807) is 29.7 Å². The molecule has 2 aromatic heterocycles. The van der Waals surface area contributed by atoms with Crippen LogP contribution in [-0.2, 0) is 4.79 Å². The van der Waals surface area contributed by atoms with Crippen molar-refractivity contribution in [2.45, 2.75) is 36.2 Å². The first-order valence-corrected chi connectivity index (χ1v) is 9.89. The molecule has 27 heavy (non-hydrogen) atoms. The summed E-state index contributed by atoms with van der Waals surface area (Å²) in [5, 5.41) is 4.00. The van der Waals surface area contributed by atoms with Crippen molar-refractivity contribution in [3.63, 3.8) is 0 Å². The average Bonchev–Trinajstić information content (AvgIpc) is 3.48. The van der Waals surface area contributed by atoms with E-state index in [4.69, 9.17) is 11.6 Å². The predicted octanol–water partition coefficient (Wildman–Crippen LogP) is 3.90. The van der Waals surface area contributed by atoms with Crippen LogP contribution >= 0.6 is 23.4 Å². The Bertz CT molecular complexity index is 1060. The minimum Gasteiger partial charge on any atom is -0.310 e. The third-order valence-electron chi connectivity index (χ3n) is 4.32. The van der Waals surface area contributed by atoms with Crippen molar-refractivity contribution >= 4 is 46.0 Å². The van der Waals surface area contributed by atoms with Crippen LogP contribution in [0.25, 0.3) is 10.9 Å². The number of thioether (sulfide) groups is 1. The highest BCUT2D eigenvalue weighted by molar-refractivity contribution is 8.00. The number of benzene rings is 1. The minimum absolute atomic E-state index is 0.0439. The maximum atomic E-state index is 12.9. The van der Waals surface area contributed by atoms with Gasteiger partial charge >= 0.3 is 0 Å². The third kappa shape index (κ3) is 3.84. The summed E-state index contributed by atoms with van der Waals surface area (Å²) in [4.78, 5) is 34.1. The molecule has 1 N–H and O–H groups in total. The standard InChI is InChI=1S/C19H17ClN4O2S/c1-11(17(25)23-16-9-6-12(20)10-21-16)27-19-22-15-5-3-2-4-14(15)18(26)24(19)13-7-8-13/h2-6,9-11,13H,7-8H2,1H3,(H,21,23,25). The summed E-state index contributed by atoms with van der Waals surface area (Å²) in [5.41, 5.74) is 0.603. The van der Waals surface area contributed by atoms with E-state index in [9.17, 15) is 9.59 Å². The summed E-state index contributed by atoms with van der Waals surface area (Å²) in [6.07, 6.45) is 3.40. The summed E-state index contributed by atoms with van der Waals surface area (Å²) < 4.78 is 1.73. The number of hydrogen-bond donors (Lipinski definition) is 1. The number of fused-ring (bicyclic) bond motifs is 1. The number of rotatable bonds is 5. The van der Waals surface area contributed by atoms with E-state index in [1.165, 1.54) is 18.0 Å². The number of nitrogens with zero attached hydrogens (tertiary/aromatic N) is 3. The van der Waals surface area contributed by atoms with E-state index in [0.29, 0.717) is 26.9 Å². The van der Waals surface area contributed by atoms with Gasteiger partial charge in [0.2, 0.25) is 5.91 Å². The van der Waals surface area contributed by atoms with Gasteiger partial charge in [0.1, 0.15) is 5.82 Å².